The van der Waals surface area contributed by atoms with Crippen LogP contribution in [-0.2, 0) is 0 Å². The van der Waals surface area contributed by atoms with Crippen molar-refractivity contribution in [2.75, 3.05) is 0 Å². The lowest BCUT2D eigenvalue weighted by molar-refractivity contribution is 0.214. The van der Waals surface area contributed by atoms with E-state index >= 15 is 0 Å². The summed E-state index contributed by atoms with van der Waals surface area (Å²) in [6.07, 6.45) is 1.30. The highest BCUT2D eigenvalue weighted by molar-refractivity contribution is 9.10. The molecule has 0 amide bonds. The fraction of sp³-hybridized carbons (Fsp3) is 0.455. The van der Waals surface area contributed by atoms with Gasteiger partial charge in [0.15, 0.2) is 0 Å². The van der Waals surface area contributed by atoms with Crippen LogP contribution in [0.5, 0.6) is 5.75 Å². The number of para-hydroxylation sites is 1. The second kappa shape index (κ2) is 4.66. The molecule has 1 aromatic rings. The van der Waals surface area contributed by atoms with Crippen molar-refractivity contribution >= 4 is 15.9 Å². The zero-order valence-electron chi connectivity index (χ0n) is 8.30. The molecule has 0 N–H and O–H groups in total. The number of hydrogen-bond donors (Lipinski definition) is 0. The van der Waals surface area contributed by atoms with E-state index in [4.69, 9.17) is 4.74 Å². The van der Waals surface area contributed by atoms with Crippen LogP contribution >= 0.6 is 15.9 Å². The zero-order valence-corrected chi connectivity index (χ0v) is 9.89. The summed E-state index contributed by atoms with van der Waals surface area (Å²) in [5.74, 6) is 0.969. The Morgan fingerprint density at radius 1 is 1.46 bits per heavy atom. The van der Waals surface area contributed by atoms with E-state index in [-0.39, 0.29) is 6.10 Å². The van der Waals surface area contributed by atoms with Crippen LogP contribution in [0.1, 0.15) is 25.8 Å². The molecule has 1 aromatic carbocycles. The summed E-state index contributed by atoms with van der Waals surface area (Å²) in [5.41, 5.74) is 1.18. The first-order valence-corrected chi connectivity index (χ1v) is 5.36. The van der Waals surface area contributed by atoms with Crippen molar-refractivity contribution in [3.05, 3.63) is 28.2 Å². The molecule has 1 nitrogen and oxygen atoms in total. The van der Waals surface area contributed by atoms with E-state index in [0.717, 1.165) is 16.6 Å². The topological polar surface area (TPSA) is 9.23 Å². The van der Waals surface area contributed by atoms with E-state index in [1.807, 2.05) is 12.1 Å². The minimum atomic E-state index is 0.275. The Kier molecular flexibility index (Phi) is 3.79. The SMILES string of the molecule is CCC(C)Oc1c(C)cccc1Br. The van der Waals surface area contributed by atoms with Crippen molar-refractivity contribution in [2.24, 2.45) is 0 Å². The van der Waals surface area contributed by atoms with E-state index < -0.39 is 0 Å². The van der Waals surface area contributed by atoms with Crippen LogP contribution in [0.2, 0.25) is 0 Å². The van der Waals surface area contributed by atoms with Crippen LogP contribution < -0.4 is 4.74 Å². The molecule has 0 radical (unpaired) electrons. The smallest absolute Gasteiger partial charge is 0.136 e. The lowest BCUT2D eigenvalue weighted by Gasteiger charge is -2.15. The molecule has 1 rings (SSSR count). The van der Waals surface area contributed by atoms with Gasteiger partial charge in [-0.2, -0.15) is 0 Å². The van der Waals surface area contributed by atoms with Gasteiger partial charge in [-0.15, -0.1) is 0 Å². The highest BCUT2D eigenvalue weighted by atomic mass is 79.9. The van der Waals surface area contributed by atoms with Crippen LogP contribution in [0.25, 0.3) is 0 Å². The number of benzene rings is 1. The molecule has 72 valence electrons. The molecule has 0 spiro atoms. The molecular formula is C11H15BrO. The van der Waals surface area contributed by atoms with Gasteiger partial charge in [-0.1, -0.05) is 19.1 Å². The summed E-state index contributed by atoms with van der Waals surface area (Å²) in [4.78, 5) is 0. The average Bonchev–Trinajstić information content (AvgIpc) is 2.11. The third kappa shape index (κ3) is 2.73. The van der Waals surface area contributed by atoms with Crippen molar-refractivity contribution in [1.29, 1.82) is 0 Å². The Labute approximate surface area is 88.2 Å². The Bertz CT molecular complexity index is 263. The molecule has 0 bridgehead atoms. The van der Waals surface area contributed by atoms with Gasteiger partial charge in [0, 0.05) is 0 Å². The predicted molar refractivity (Wildman–Crippen MR) is 59.3 cm³/mol. The summed E-state index contributed by atoms with van der Waals surface area (Å²) >= 11 is 3.48. The van der Waals surface area contributed by atoms with Crippen molar-refractivity contribution in [1.82, 2.24) is 0 Å². The molecule has 0 heterocycles. The summed E-state index contributed by atoms with van der Waals surface area (Å²) < 4.78 is 6.81. The van der Waals surface area contributed by atoms with Crippen LogP contribution in [0.3, 0.4) is 0 Å². The normalized spacial score (nSPS) is 12.6. The van der Waals surface area contributed by atoms with Gasteiger partial charge < -0.3 is 4.74 Å². The van der Waals surface area contributed by atoms with Crippen molar-refractivity contribution in [2.45, 2.75) is 33.3 Å². The minimum absolute atomic E-state index is 0.275. The molecule has 2 heteroatoms. The van der Waals surface area contributed by atoms with Gasteiger partial charge in [0.1, 0.15) is 5.75 Å². The fourth-order valence-corrected chi connectivity index (χ4v) is 1.61. The maximum Gasteiger partial charge on any atom is 0.136 e. The number of ether oxygens (including phenoxy) is 1. The number of halogens is 1. The highest BCUT2D eigenvalue weighted by Gasteiger charge is 2.07. The van der Waals surface area contributed by atoms with E-state index in [1.54, 1.807) is 0 Å². The van der Waals surface area contributed by atoms with Gasteiger partial charge in [0.25, 0.3) is 0 Å². The highest BCUT2D eigenvalue weighted by Crippen LogP contribution is 2.29. The summed E-state index contributed by atoms with van der Waals surface area (Å²) in [7, 11) is 0. The van der Waals surface area contributed by atoms with Gasteiger partial charge in [0.2, 0.25) is 0 Å². The molecule has 0 aliphatic heterocycles. The molecule has 0 aliphatic rings. The molecule has 1 unspecified atom stereocenters. The quantitative estimate of drug-likeness (QED) is 0.781. The molecular weight excluding hydrogens is 228 g/mol. The third-order valence-corrected chi connectivity index (χ3v) is 2.68. The first kappa shape index (κ1) is 10.6. The number of rotatable bonds is 3. The first-order valence-electron chi connectivity index (χ1n) is 4.57. The second-order valence-electron chi connectivity index (χ2n) is 3.22. The Morgan fingerprint density at radius 2 is 2.15 bits per heavy atom. The minimum Gasteiger partial charge on any atom is -0.489 e. The third-order valence-electron chi connectivity index (χ3n) is 2.06. The van der Waals surface area contributed by atoms with Gasteiger partial charge in [-0.25, -0.2) is 0 Å². The summed E-state index contributed by atoms with van der Waals surface area (Å²) in [6, 6.07) is 6.08. The summed E-state index contributed by atoms with van der Waals surface area (Å²) in [5, 5.41) is 0. The largest absolute Gasteiger partial charge is 0.489 e. The zero-order chi connectivity index (χ0) is 9.84. The van der Waals surface area contributed by atoms with Crippen LogP contribution in [0.15, 0.2) is 22.7 Å². The van der Waals surface area contributed by atoms with Gasteiger partial charge in [-0.05, 0) is 47.8 Å². The van der Waals surface area contributed by atoms with E-state index in [9.17, 15) is 0 Å². The van der Waals surface area contributed by atoms with E-state index in [1.165, 1.54) is 5.56 Å². The van der Waals surface area contributed by atoms with E-state index in [2.05, 4.69) is 42.8 Å². The number of aryl methyl sites for hydroxylation is 1. The maximum atomic E-state index is 5.78. The molecule has 0 saturated heterocycles. The average molecular weight is 243 g/mol. The number of hydrogen-bond acceptors (Lipinski definition) is 1. The van der Waals surface area contributed by atoms with Crippen LogP contribution in [0.4, 0.5) is 0 Å². The molecule has 0 aromatic heterocycles. The van der Waals surface area contributed by atoms with Gasteiger partial charge in [0.05, 0.1) is 10.6 Å². The Balaban J connectivity index is 2.87. The Morgan fingerprint density at radius 3 is 2.69 bits per heavy atom. The van der Waals surface area contributed by atoms with Crippen molar-refractivity contribution < 1.29 is 4.74 Å². The lowest BCUT2D eigenvalue weighted by atomic mass is 10.2. The van der Waals surface area contributed by atoms with Crippen LogP contribution in [0, 0.1) is 6.92 Å². The molecule has 13 heavy (non-hydrogen) atoms. The van der Waals surface area contributed by atoms with Crippen molar-refractivity contribution in [3.63, 3.8) is 0 Å². The molecule has 0 aliphatic carbocycles. The maximum absolute atomic E-state index is 5.78. The fourth-order valence-electron chi connectivity index (χ4n) is 1.05. The predicted octanol–water partition coefficient (Wildman–Crippen LogP) is 3.93. The van der Waals surface area contributed by atoms with Crippen LogP contribution in [-0.4, -0.2) is 6.10 Å². The molecule has 0 fully saturated rings. The summed E-state index contributed by atoms with van der Waals surface area (Å²) in [6.45, 7) is 6.26. The van der Waals surface area contributed by atoms with Gasteiger partial charge in [-0.3, -0.25) is 0 Å². The van der Waals surface area contributed by atoms with Gasteiger partial charge >= 0.3 is 0 Å². The Hall–Kier alpha value is -0.500. The van der Waals surface area contributed by atoms with E-state index in [0.29, 0.717) is 0 Å². The second-order valence-corrected chi connectivity index (χ2v) is 4.08. The first-order chi connectivity index (χ1) is 6.15. The standard InChI is InChI=1S/C11H15BrO/c1-4-9(3)13-11-8(2)6-5-7-10(11)12/h5-7,9H,4H2,1-3H3. The lowest BCUT2D eigenvalue weighted by Crippen LogP contribution is -2.10. The molecule has 1 atom stereocenters. The monoisotopic (exact) mass is 242 g/mol. The van der Waals surface area contributed by atoms with Crippen molar-refractivity contribution in [3.8, 4) is 5.75 Å². The molecule has 0 saturated carbocycles.